The number of hydrogen-bond donors (Lipinski definition) is 0. The van der Waals surface area contributed by atoms with E-state index in [9.17, 15) is 4.79 Å². The first-order valence-electron chi connectivity index (χ1n) is 5.34. The molecular formula is C11H21NO. The molecule has 0 radical (unpaired) electrons. The van der Waals surface area contributed by atoms with Crippen LogP contribution in [0.5, 0.6) is 0 Å². The Morgan fingerprint density at radius 1 is 1.31 bits per heavy atom. The molecule has 0 aromatic carbocycles. The standard InChI is InChI=1S/C11H21NO/c1-9-5-4-8-12(3)10(2)11(13)7-6-9/h9-10H,4-8H2,1-3H3/t9-,10+/m0/s1. The molecule has 1 fully saturated rings. The Balaban J connectivity index is 2.55. The third kappa shape index (κ3) is 3.11. The fraction of sp³-hybridized carbons (Fsp3) is 0.909. The van der Waals surface area contributed by atoms with E-state index in [4.69, 9.17) is 0 Å². The minimum Gasteiger partial charge on any atom is -0.298 e. The molecule has 1 saturated heterocycles. The van der Waals surface area contributed by atoms with Gasteiger partial charge < -0.3 is 0 Å². The SMILES string of the molecule is C[C@H]1CCCN(C)[C@H](C)C(=O)CC1. The van der Waals surface area contributed by atoms with Crippen molar-refractivity contribution in [3.05, 3.63) is 0 Å². The highest BCUT2D eigenvalue weighted by Gasteiger charge is 2.20. The van der Waals surface area contributed by atoms with Crippen molar-refractivity contribution in [1.29, 1.82) is 0 Å². The lowest BCUT2D eigenvalue weighted by molar-refractivity contribution is -0.123. The van der Waals surface area contributed by atoms with Crippen molar-refractivity contribution in [2.45, 2.75) is 45.6 Å². The zero-order chi connectivity index (χ0) is 9.84. The van der Waals surface area contributed by atoms with Gasteiger partial charge in [0.25, 0.3) is 0 Å². The molecule has 76 valence electrons. The van der Waals surface area contributed by atoms with Gasteiger partial charge in [-0.05, 0) is 45.7 Å². The van der Waals surface area contributed by atoms with Crippen molar-refractivity contribution in [1.82, 2.24) is 4.90 Å². The van der Waals surface area contributed by atoms with Gasteiger partial charge in [0.15, 0.2) is 0 Å². The maximum Gasteiger partial charge on any atom is 0.149 e. The third-order valence-corrected chi connectivity index (χ3v) is 3.22. The average Bonchev–Trinajstić information content (AvgIpc) is 2.15. The van der Waals surface area contributed by atoms with Crippen molar-refractivity contribution in [2.24, 2.45) is 5.92 Å². The molecule has 2 nitrogen and oxygen atoms in total. The molecule has 2 atom stereocenters. The van der Waals surface area contributed by atoms with Crippen LogP contribution in [-0.2, 0) is 4.79 Å². The van der Waals surface area contributed by atoms with E-state index < -0.39 is 0 Å². The number of hydrogen-bond acceptors (Lipinski definition) is 2. The Morgan fingerprint density at radius 3 is 2.69 bits per heavy atom. The van der Waals surface area contributed by atoms with Gasteiger partial charge >= 0.3 is 0 Å². The van der Waals surface area contributed by atoms with E-state index in [1.807, 2.05) is 6.92 Å². The van der Waals surface area contributed by atoms with Crippen molar-refractivity contribution in [2.75, 3.05) is 13.6 Å². The highest BCUT2D eigenvalue weighted by atomic mass is 16.1. The molecule has 13 heavy (non-hydrogen) atoms. The Morgan fingerprint density at radius 2 is 2.00 bits per heavy atom. The van der Waals surface area contributed by atoms with Gasteiger partial charge in [0.1, 0.15) is 5.78 Å². The second-order valence-corrected chi connectivity index (χ2v) is 4.41. The molecule has 2 heteroatoms. The smallest absolute Gasteiger partial charge is 0.149 e. The summed E-state index contributed by atoms with van der Waals surface area (Å²) in [5.41, 5.74) is 0. The van der Waals surface area contributed by atoms with E-state index in [1.165, 1.54) is 12.8 Å². The van der Waals surface area contributed by atoms with Gasteiger partial charge in [-0.3, -0.25) is 9.69 Å². The summed E-state index contributed by atoms with van der Waals surface area (Å²) >= 11 is 0. The second kappa shape index (κ2) is 4.75. The van der Waals surface area contributed by atoms with Crippen LogP contribution in [0, 0.1) is 5.92 Å². The molecule has 0 N–H and O–H groups in total. The molecule has 1 rings (SSSR count). The van der Waals surface area contributed by atoms with Gasteiger partial charge in [-0.25, -0.2) is 0 Å². The summed E-state index contributed by atoms with van der Waals surface area (Å²) in [4.78, 5) is 13.8. The number of carbonyl (C=O) groups is 1. The fourth-order valence-corrected chi connectivity index (χ4v) is 1.87. The monoisotopic (exact) mass is 183 g/mol. The summed E-state index contributed by atoms with van der Waals surface area (Å²) in [7, 11) is 2.05. The Labute approximate surface area is 81.3 Å². The largest absolute Gasteiger partial charge is 0.298 e. The predicted octanol–water partition coefficient (Wildman–Crippen LogP) is 2.09. The van der Waals surface area contributed by atoms with Crippen molar-refractivity contribution in [3.8, 4) is 0 Å². The highest BCUT2D eigenvalue weighted by molar-refractivity contribution is 5.83. The fourth-order valence-electron chi connectivity index (χ4n) is 1.87. The first-order chi connectivity index (χ1) is 6.11. The Kier molecular flexibility index (Phi) is 3.91. The van der Waals surface area contributed by atoms with Gasteiger partial charge in [-0.2, -0.15) is 0 Å². The van der Waals surface area contributed by atoms with Crippen LogP contribution in [0.25, 0.3) is 0 Å². The lowest BCUT2D eigenvalue weighted by Crippen LogP contribution is -2.36. The number of likely N-dealkylation sites (N-methyl/N-ethyl adjacent to an activating group) is 1. The summed E-state index contributed by atoms with van der Waals surface area (Å²) in [5, 5.41) is 0. The molecule has 0 unspecified atom stereocenters. The summed E-state index contributed by atoms with van der Waals surface area (Å²) < 4.78 is 0. The number of ketones is 1. The molecule has 1 aliphatic heterocycles. The molecule has 0 spiro atoms. The van der Waals surface area contributed by atoms with Gasteiger partial charge in [-0.15, -0.1) is 0 Å². The van der Waals surface area contributed by atoms with E-state index >= 15 is 0 Å². The molecular weight excluding hydrogens is 162 g/mol. The van der Waals surface area contributed by atoms with E-state index in [0.717, 1.165) is 25.3 Å². The molecule has 0 aliphatic carbocycles. The third-order valence-electron chi connectivity index (χ3n) is 3.22. The second-order valence-electron chi connectivity index (χ2n) is 4.41. The van der Waals surface area contributed by atoms with E-state index in [1.54, 1.807) is 0 Å². The van der Waals surface area contributed by atoms with Crippen LogP contribution in [0.2, 0.25) is 0 Å². The van der Waals surface area contributed by atoms with Crippen molar-refractivity contribution < 1.29 is 4.79 Å². The van der Waals surface area contributed by atoms with Crippen LogP contribution >= 0.6 is 0 Å². The summed E-state index contributed by atoms with van der Waals surface area (Å²) in [6.45, 7) is 5.35. The van der Waals surface area contributed by atoms with Crippen molar-refractivity contribution >= 4 is 5.78 Å². The van der Waals surface area contributed by atoms with E-state index in [2.05, 4.69) is 18.9 Å². The quantitative estimate of drug-likeness (QED) is 0.573. The maximum atomic E-state index is 11.6. The van der Waals surface area contributed by atoms with Crippen LogP contribution in [0.1, 0.15) is 39.5 Å². The van der Waals surface area contributed by atoms with Crippen LogP contribution in [0.3, 0.4) is 0 Å². The van der Waals surface area contributed by atoms with Gasteiger partial charge in [0.05, 0.1) is 6.04 Å². The van der Waals surface area contributed by atoms with Gasteiger partial charge in [-0.1, -0.05) is 6.92 Å². The first kappa shape index (κ1) is 10.7. The topological polar surface area (TPSA) is 20.3 Å². The van der Waals surface area contributed by atoms with Crippen LogP contribution in [0.15, 0.2) is 0 Å². The Bertz CT molecular complexity index is 179. The molecule has 1 aliphatic rings. The number of Topliss-reactive ketones (excluding diaryl/α,β-unsaturated/α-hetero) is 1. The summed E-state index contributed by atoms with van der Waals surface area (Å²) in [6.07, 6.45) is 4.35. The Hall–Kier alpha value is -0.370. The lowest BCUT2D eigenvalue weighted by Gasteiger charge is -2.22. The molecule has 1 heterocycles. The van der Waals surface area contributed by atoms with Crippen LogP contribution in [0.4, 0.5) is 0 Å². The zero-order valence-electron chi connectivity index (χ0n) is 9.05. The molecule has 0 saturated carbocycles. The summed E-state index contributed by atoms with van der Waals surface area (Å²) in [6, 6.07) is 0.130. The van der Waals surface area contributed by atoms with E-state index in [-0.39, 0.29) is 6.04 Å². The molecule has 0 aromatic rings. The minimum absolute atomic E-state index is 0.130. The average molecular weight is 183 g/mol. The number of rotatable bonds is 0. The number of carbonyl (C=O) groups excluding carboxylic acids is 1. The van der Waals surface area contributed by atoms with Crippen LogP contribution < -0.4 is 0 Å². The number of nitrogens with zero attached hydrogens (tertiary/aromatic N) is 1. The lowest BCUT2D eigenvalue weighted by atomic mass is 9.98. The molecule has 0 amide bonds. The van der Waals surface area contributed by atoms with Gasteiger partial charge in [0, 0.05) is 6.42 Å². The summed E-state index contributed by atoms with van der Waals surface area (Å²) in [5.74, 6) is 1.14. The first-order valence-corrected chi connectivity index (χ1v) is 5.34. The maximum absolute atomic E-state index is 11.6. The van der Waals surface area contributed by atoms with Crippen molar-refractivity contribution in [3.63, 3.8) is 0 Å². The van der Waals surface area contributed by atoms with Crippen LogP contribution in [-0.4, -0.2) is 30.3 Å². The molecule has 0 bridgehead atoms. The highest BCUT2D eigenvalue weighted by Crippen LogP contribution is 2.17. The normalized spacial score (nSPS) is 33.6. The van der Waals surface area contributed by atoms with Gasteiger partial charge in [0.2, 0.25) is 0 Å². The van der Waals surface area contributed by atoms with E-state index in [0.29, 0.717) is 5.78 Å². The predicted molar refractivity (Wildman–Crippen MR) is 54.7 cm³/mol. The molecule has 0 aromatic heterocycles. The zero-order valence-corrected chi connectivity index (χ0v) is 9.05. The minimum atomic E-state index is 0.130.